The van der Waals surface area contributed by atoms with Gasteiger partial charge in [0, 0.05) is 37.4 Å². The summed E-state index contributed by atoms with van der Waals surface area (Å²) >= 11 is 0. The highest BCUT2D eigenvalue weighted by Crippen LogP contribution is 2.35. The molecule has 0 bridgehead atoms. The minimum Gasteiger partial charge on any atom is -0.444 e. The highest BCUT2D eigenvalue weighted by atomic mass is 19.1. The van der Waals surface area contributed by atoms with Crippen molar-refractivity contribution < 1.29 is 13.9 Å². The Balaban J connectivity index is 1.77. The number of carbonyl (C=O) groups excluding carboxylic acids is 1. The van der Waals surface area contributed by atoms with Crippen LogP contribution in [0, 0.1) is 31.0 Å². The van der Waals surface area contributed by atoms with E-state index in [2.05, 4.69) is 16.0 Å². The largest absolute Gasteiger partial charge is 0.444 e. The van der Waals surface area contributed by atoms with Crippen molar-refractivity contribution in [3.8, 4) is 23.0 Å². The quantitative estimate of drug-likeness (QED) is 0.274. The fourth-order valence-corrected chi connectivity index (χ4v) is 5.75. The van der Waals surface area contributed by atoms with Gasteiger partial charge in [-0.25, -0.2) is 23.5 Å². The first kappa shape index (κ1) is 31.6. The summed E-state index contributed by atoms with van der Waals surface area (Å²) in [5.41, 5.74) is 2.45. The van der Waals surface area contributed by atoms with E-state index in [0.717, 1.165) is 5.56 Å². The van der Waals surface area contributed by atoms with E-state index in [1.807, 2.05) is 59.4 Å². The van der Waals surface area contributed by atoms with Gasteiger partial charge in [-0.1, -0.05) is 26.0 Å². The van der Waals surface area contributed by atoms with Crippen LogP contribution < -0.4 is 10.6 Å². The molecule has 0 saturated carbocycles. The van der Waals surface area contributed by atoms with E-state index in [4.69, 9.17) is 9.72 Å². The number of piperazine rings is 1. The second kappa shape index (κ2) is 11.9. The standard InChI is InChI=1S/C34H38FN7O3/c1-19(2)27-29(20(3)12-13-37-27)42-31-25(16-23(17-36)28(38-31)24-10-9-11-26(35)22(24)5)30(39-32(42)43)41-15-14-40(18-21(41)4)33(44)45-34(6,7)8/h9-13,16,19,21H,14-15,18H2,1-8H3/t21-/m0/s1. The van der Waals surface area contributed by atoms with Crippen LogP contribution in [0.2, 0.25) is 0 Å². The molecule has 234 valence electrons. The number of rotatable bonds is 4. The molecule has 3 aromatic heterocycles. The topological polar surface area (TPSA) is 117 Å². The Morgan fingerprint density at radius 1 is 1.16 bits per heavy atom. The van der Waals surface area contributed by atoms with Gasteiger partial charge in [0.25, 0.3) is 0 Å². The maximum atomic E-state index is 14.7. The number of amides is 1. The van der Waals surface area contributed by atoms with Crippen LogP contribution in [0.1, 0.15) is 69.8 Å². The number of aromatic nitrogens is 4. The molecule has 1 amide bonds. The Hall–Kier alpha value is -4.85. The lowest BCUT2D eigenvalue weighted by atomic mass is 10.00. The predicted octanol–water partition coefficient (Wildman–Crippen LogP) is 6.04. The molecule has 1 aromatic carbocycles. The fourth-order valence-electron chi connectivity index (χ4n) is 5.75. The molecule has 45 heavy (non-hydrogen) atoms. The highest BCUT2D eigenvalue weighted by molar-refractivity contribution is 5.92. The molecular weight excluding hydrogens is 573 g/mol. The summed E-state index contributed by atoms with van der Waals surface area (Å²) < 4.78 is 21.8. The number of anilines is 1. The summed E-state index contributed by atoms with van der Waals surface area (Å²) in [4.78, 5) is 44.7. The van der Waals surface area contributed by atoms with Crippen molar-refractivity contribution in [2.24, 2.45) is 0 Å². The number of benzene rings is 1. The zero-order valence-electron chi connectivity index (χ0n) is 27.0. The highest BCUT2D eigenvalue weighted by Gasteiger charge is 2.33. The van der Waals surface area contributed by atoms with Crippen LogP contribution in [0.25, 0.3) is 28.0 Å². The van der Waals surface area contributed by atoms with E-state index >= 15 is 0 Å². The van der Waals surface area contributed by atoms with Gasteiger partial charge < -0.3 is 14.5 Å². The lowest BCUT2D eigenvalue weighted by Gasteiger charge is -2.41. The Morgan fingerprint density at radius 2 is 1.89 bits per heavy atom. The van der Waals surface area contributed by atoms with Crippen molar-refractivity contribution in [1.29, 1.82) is 5.26 Å². The summed E-state index contributed by atoms with van der Waals surface area (Å²) in [6.45, 7) is 16.0. The van der Waals surface area contributed by atoms with E-state index in [0.29, 0.717) is 53.3 Å². The van der Waals surface area contributed by atoms with Crippen LogP contribution in [0.4, 0.5) is 15.0 Å². The molecule has 0 radical (unpaired) electrons. The molecule has 1 saturated heterocycles. The average Bonchev–Trinajstić information content (AvgIpc) is 2.97. The molecular formula is C34H38FN7O3. The van der Waals surface area contributed by atoms with Gasteiger partial charge in [-0.3, -0.25) is 4.98 Å². The number of carbonyl (C=O) groups is 1. The first-order valence-corrected chi connectivity index (χ1v) is 15.1. The minimum atomic E-state index is -0.629. The number of hydrogen-bond donors (Lipinski definition) is 0. The van der Waals surface area contributed by atoms with E-state index in [1.165, 1.54) is 10.6 Å². The zero-order valence-corrected chi connectivity index (χ0v) is 27.0. The van der Waals surface area contributed by atoms with Crippen molar-refractivity contribution >= 4 is 22.9 Å². The van der Waals surface area contributed by atoms with Gasteiger partial charge in [0.2, 0.25) is 0 Å². The van der Waals surface area contributed by atoms with Crippen molar-refractivity contribution in [2.45, 2.75) is 73.0 Å². The third-order valence-corrected chi connectivity index (χ3v) is 7.97. The number of hydrogen-bond acceptors (Lipinski definition) is 8. The zero-order chi connectivity index (χ0) is 32.8. The lowest BCUT2D eigenvalue weighted by Crippen LogP contribution is -2.55. The summed E-state index contributed by atoms with van der Waals surface area (Å²) in [7, 11) is 0. The molecule has 0 N–H and O–H groups in total. The molecule has 4 heterocycles. The molecule has 0 aliphatic carbocycles. The smallest absolute Gasteiger partial charge is 0.410 e. The third kappa shape index (κ3) is 5.97. The Morgan fingerprint density at radius 3 is 2.53 bits per heavy atom. The third-order valence-electron chi connectivity index (χ3n) is 7.97. The van der Waals surface area contributed by atoms with E-state index in [-0.39, 0.29) is 28.9 Å². The summed E-state index contributed by atoms with van der Waals surface area (Å²) in [5.74, 6) is -0.0829. The SMILES string of the molecule is Cc1ccnc(C(C)C)c1-n1c(=O)nc(N2CCN(C(=O)OC(C)(C)C)C[C@@H]2C)c2cc(C#N)c(-c3cccc(F)c3C)nc21. The van der Waals surface area contributed by atoms with Gasteiger partial charge in [-0.2, -0.15) is 10.2 Å². The van der Waals surface area contributed by atoms with Crippen molar-refractivity contribution in [3.63, 3.8) is 0 Å². The van der Waals surface area contributed by atoms with Crippen LogP contribution in [0.15, 0.2) is 41.3 Å². The number of pyridine rings is 2. The molecule has 1 atom stereocenters. The molecule has 1 fully saturated rings. The second-order valence-electron chi connectivity index (χ2n) is 12.8. The van der Waals surface area contributed by atoms with Crippen LogP contribution >= 0.6 is 0 Å². The molecule has 0 spiro atoms. The number of aryl methyl sites for hydroxylation is 1. The Labute approximate surface area is 262 Å². The van der Waals surface area contributed by atoms with E-state index < -0.39 is 23.2 Å². The average molecular weight is 612 g/mol. The monoisotopic (exact) mass is 611 g/mol. The number of nitriles is 1. The molecule has 1 aliphatic heterocycles. The molecule has 1 aliphatic rings. The summed E-state index contributed by atoms with van der Waals surface area (Å²) in [6, 6.07) is 10.1. The maximum absolute atomic E-state index is 14.7. The van der Waals surface area contributed by atoms with Gasteiger partial charge in [0.15, 0.2) is 5.65 Å². The van der Waals surface area contributed by atoms with Gasteiger partial charge in [0.1, 0.15) is 23.3 Å². The van der Waals surface area contributed by atoms with Crippen LogP contribution in [-0.4, -0.2) is 61.8 Å². The fraction of sp³-hybridized carbons (Fsp3) is 0.412. The van der Waals surface area contributed by atoms with Crippen molar-refractivity contribution in [1.82, 2.24) is 24.4 Å². The molecule has 0 unspecified atom stereocenters. The van der Waals surface area contributed by atoms with E-state index in [9.17, 15) is 19.2 Å². The molecule has 4 aromatic rings. The van der Waals surface area contributed by atoms with Gasteiger partial charge >= 0.3 is 11.8 Å². The first-order valence-electron chi connectivity index (χ1n) is 15.1. The Kier molecular flexibility index (Phi) is 8.36. The van der Waals surface area contributed by atoms with Gasteiger partial charge in [-0.05, 0) is 76.8 Å². The number of ether oxygens (including phenoxy) is 1. The molecule has 11 heteroatoms. The van der Waals surface area contributed by atoms with E-state index in [1.54, 1.807) is 36.2 Å². The van der Waals surface area contributed by atoms with Crippen LogP contribution in [-0.2, 0) is 4.74 Å². The van der Waals surface area contributed by atoms with Crippen LogP contribution in [0.3, 0.4) is 0 Å². The normalized spacial score (nSPS) is 15.4. The first-order chi connectivity index (χ1) is 21.2. The van der Waals surface area contributed by atoms with Gasteiger partial charge in [-0.15, -0.1) is 0 Å². The Bertz CT molecular complexity index is 1910. The van der Waals surface area contributed by atoms with Crippen molar-refractivity contribution in [2.75, 3.05) is 24.5 Å². The summed E-state index contributed by atoms with van der Waals surface area (Å²) in [5, 5.41) is 10.8. The summed E-state index contributed by atoms with van der Waals surface area (Å²) in [6.07, 6.45) is 1.30. The van der Waals surface area contributed by atoms with Crippen LogP contribution in [0.5, 0.6) is 0 Å². The van der Waals surface area contributed by atoms with Crippen molar-refractivity contribution in [3.05, 3.63) is 75.2 Å². The second-order valence-corrected chi connectivity index (χ2v) is 12.8. The maximum Gasteiger partial charge on any atom is 0.410 e. The number of halogens is 1. The number of fused-ring (bicyclic) bond motifs is 1. The minimum absolute atomic E-state index is 0.0224. The predicted molar refractivity (Wildman–Crippen MR) is 171 cm³/mol. The molecule has 10 nitrogen and oxygen atoms in total. The number of nitrogens with zero attached hydrogens (tertiary/aromatic N) is 7. The molecule has 5 rings (SSSR count). The van der Waals surface area contributed by atoms with Gasteiger partial charge in [0.05, 0.1) is 28.0 Å². The lowest BCUT2D eigenvalue weighted by molar-refractivity contribution is 0.0218.